The third-order valence-corrected chi connectivity index (χ3v) is 3.48. The lowest BCUT2D eigenvalue weighted by Gasteiger charge is -2.31. The number of rotatable bonds is 2. The van der Waals surface area contributed by atoms with Crippen molar-refractivity contribution in [3.8, 4) is 0 Å². The van der Waals surface area contributed by atoms with E-state index in [0.717, 1.165) is 31.8 Å². The Hall–Kier alpha value is -1.29. The highest BCUT2D eigenvalue weighted by atomic mass is 35.5. The fraction of sp³-hybridized carbons (Fsp3) is 0.500. The van der Waals surface area contributed by atoms with Crippen molar-refractivity contribution in [3.05, 3.63) is 22.8 Å². The van der Waals surface area contributed by atoms with Gasteiger partial charge in [0.1, 0.15) is 5.82 Å². The van der Waals surface area contributed by atoms with Gasteiger partial charge in [-0.25, -0.2) is 9.78 Å². The van der Waals surface area contributed by atoms with Crippen LogP contribution in [0.2, 0.25) is 5.02 Å². The fourth-order valence-corrected chi connectivity index (χ4v) is 2.19. The van der Waals surface area contributed by atoms with Gasteiger partial charge in [-0.05, 0) is 24.8 Å². The molecule has 0 spiro atoms. The predicted molar refractivity (Wildman–Crippen MR) is 66.8 cm³/mol. The number of nitrogens with zero attached hydrogens (tertiary/aromatic N) is 2. The van der Waals surface area contributed by atoms with Crippen LogP contribution in [0.25, 0.3) is 0 Å². The van der Waals surface area contributed by atoms with Gasteiger partial charge in [-0.2, -0.15) is 0 Å². The number of hydrogen-bond acceptors (Lipinski definition) is 3. The summed E-state index contributed by atoms with van der Waals surface area (Å²) in [6, 6.07) is 1.56. The SMILES string of the molecule is CC1CCN(c2cc(C(=O)O)c(Cl)cn2)CC1. The monoisotopic (exact) mass is 254 g/mol. The van der Waals surface area contributed by atoms with Crippen molar-refractivity contribution in [3.63, 3.8) is 0 Å². The summed E-state index contributed by atoms with van der Waals surface area (Å²) in [5.41, 5.74) is 0.121. The van der Waals surface area contributed by atoms with Crippen molar-refractivity contribution in [1.29, 1.82) is 0 Å². The average Bonchev–Trinajstić information content (AvgIpc) is 2.30. The molecule has 0 saturated carbocycles. The second kappa shape index (κ2) is 4.92. The Balaban J connectivity index is 2.21. The van der Waals surface area contributed by atoms with Crippen molar-refractivity contribution >= 4 is 23.4 Å². The number of carbonyl (C=O) groups is 1. The number of pyridine rings is 1. The number of anilines is 1. The van der Waals surface area contributed by atoms with Gasteiger partial charge in [-0.3, -0.25) is 0 Å². The lowest BCUT2D eigenvalue weighted by atomic mass is 9.99. The molecule has 1 N–H and O–H groups in total. The van der Waals surface area contributed by atoms with E-state index in [0.29, 0.717) is 5.82 Å². The molecule has 0 unspecified atom stereocenters. The molecule has 92 valence electrons. The van der Waals surface area contributed by atoms with Crippen LogP contribution in [0.4, 0.5) is 5.82 Å². The van der Waals surface area contributed by atoms with E-state index in [-0.39, 0.29) is 10.6 Å². The van der Waals surface area contributed by atoms with E-state index in [1.54, 1.807) is 6.07 Å². The second-order valence-electron chi connectivity index (χ2n) is 4.50. The molecule has 0 bridgehead atoms. The Bertz CT molecular complexity index is 429. The Labute approximate surface area is 105 Å². The van der Waals surface area contributed by atoms with E-state index in [9.17, 15) is 4.79 Å². The topological polar surface area (TPSA) is 53.4 Å². The zero-order valence-electron chi connectivity index (χ0n) is 9.69. The molecule has 5 heteroatoms. The van der Waals surface area contributed by atoms with Gasteiger partial charge in [0.05, 0.1) is 10.6 Å². The molecule has 2 rings (SSSR count). The Morgan fingerprint density at radius 3 is 2.76 bits per heavy atom. The van der Waals surface area contributed by atoms with Gasteiger partial charge in [-0.1, -0.05) is 18.5 Å². The molecule has 0 aliphatic carbocycles. The third kappa shape index (κ3) is 2.69. The van der Waals surface area contributed by atoms with Gasteiger partial charge >= 0.3 is 5.97 Å². The predicted octanol–water partition coefficient (Wildman–Crippen LogP) is 2.67. The molecule has 1 saturated heterocycles. The molecular formula is C12H15ClN2O2. The summed E-state index contributed by atoms with van der Waals surface area (Å²) >= 11 is 5.79. The third-order valence-electron chi connectivity index (χ3n) is 3.18. The maximum absolute atomic E-state index is 11.0. The quantitative estimate of drug-likeness (QED) is 0.882. The second-order valence-corrected chi connectivity index (χ2v) is 4.90. The molecule has 0 amide bonds. The minimum absolute atomic E-state index is 0.121. The van der Waals surface area contributed by atoms with Crippen molar-refractivity contribution in [2.45, 2.75) is 19.8 Å². The van der Waals surface area contributed by atoms with Gasteiger partial charge in [-0.15, -0.1) is 0 Å². The van der Waals surface area contributed by atoms with Crippen molar-refractivity contribution in [1.82, 2.24) is 4.98 Å². The number of carboxylic acids is 1. The zero-order chi connectivity index (χ0) is 12.4. The molecule has 0 radical (unpaired) electrons. The van der Waals surface area contributed by atoms with Gasteiger partial charge in [0, 0.05) is 19.3 Å². The molecule has 1 aromatic rings. The van der Waals surface area contributed by atoms with Crippen LogP contribution in [-0.2, 0) is 0 Å². The minimum atomic E-state index is -1.01. The minimum Gasteiger partial charge on any atom is -0.478 e. The average molecular weight is 255 g/mol. The smallest absolute Gasteiger partial charge is 0.337 e. The molecule has 17 heavy (non-hydrogen) atoms. The Kier molecular flexibility index (Phi) is 3.52. The zero-order valence-corrected chi connectivity index (χ0v) is 10.4. The summed E-state index contributed by atoms with van der Waals surface area (Å²) in [5, 5.41) is 9.19. The molecule has 1 aliphatic heterocycles. The molecule has 1 aromatic heterocycles. The van der Waals surface area contributed by atoms with Gasteiger partial charge < -0.3 is 10.0 Å². The van der Waals surface area contributed by atoms with Gasteiger partial charge in [0.25, 0.3) is 0 Å². The summed E-state index contributed by atoms with van der Waals surface area (Å²) in [5.74, 6) is 0.431. The number of aromatic nitrogens is 1. The lowest BCUT2D eigenvalue weighted by Crippen LogP contribution is -2.33. The molecule has 1 fully saturated rings. The normalized spacial score (nSPS) is 17.2. The lowest BCUT2D eigenvalue weighted by molar-refractivity contribution is 0.0697. The molecule has 4 nitrogen and oxygen atoms in total. The van der Waals surface area contributed by atoms with Crippen LogP contribution in [0, 0.1) is 5.92 Å². The van der Waals surface area contributed by atoms with Crippen LogP contribution >= 0.6 is 11.6 Å². The number of halogens is 1. The largest absolute Gasteiger partial charge is 0.478 e. The number of aromatic carboxylic acids is 1. The summed E-state index contributed by atoms with van der Waals surface area (Å²) < 4.78 is 0. The molecule has 0 aromatic carbocycles. The van der Waals surface area contributed by atoms with Crippen LogP contribution in [0.5, 0.6) is 0 Å². The highest BCUT2D eigenvalue weighted by Gasteiger charge is 2.19. The Morgan fingerprint density at radius 2 is 2.18 bits per heavy atom. The number of hydrogen-bond donors (Lipinski definition) is 1. The van der Waals surface area contributed by atoms with E-state index in [2.05, 4.69) is 16.8 Å². The maximum atomic E-state index is 11.0. The van der Waals surface area contributed by atoms with Crippen LogP contribution < -0.4 is 4.90 Å². The van der Waals surface area contributed by atoms with Crippen molar-refractivity contribution < 1.29 is 9.90 Å². The summed E-state index contributed by atoms with van der Waals surface area (Å²) in [4.78, 5) is 17.3. The van der Waals surface area contributed by atoms with Crippen LogP contribution in [-0.4, -0.2) is 29.1 Å². The summed E-state index contributed by atoms with van der Waals surface area (Å²) in [6.07, 6.45) is 3.65. The van der Waals surface area contributed by atoms with E-state index < -0.39 is 5.97 Å². The first-order valence-electron chi connectivity index (χ1n) is 5.71. The summed E-state index contributed by atoms with van der Waals surface area (Å²) in [7, 11) is 0. The Morgan fingerprint density at radius 1 is 1.53 bits per heavy atom. The first-order valence-corrected chi connectivity index (χ1v) is 6.09. The van der Waals surface area contributed by atoms with Crippen LogP contribution in [0.15, 0.2) is 12.3 Å². The molecule has 2 heterocycles. The van der Waals surface area contributed by atoms with Crippen LogP contribution in [0.1, 0.15) is 30.1 Å². The molecule has 0 atom stereocenters. The van der Waals surface area contributed by atoms with Gasteiger partial charge in [0.2, 0.25) is 0 Å². The molecule has 1 aliphatic rings. The summed E-state index contributed by atoms with van der Waals surface area (Å²) in [6.45, 7) is 4.08. The van der Waals surface area contributed by atoms with E-state index >= 15 is 0 Å². The standard InChI is InChI=1S/C12H15ClN2O2/c1-8-2-4-15(5-3-8)11-6-9(12(16)17)10(13)7-14-11/h6-8H,2-5H2,1H3,(H,16,17). The maximum Gasteiger partial charge on any atom is 0.337 e. The number of piperidine rings is 1. The molecular weight excluding hydrogens is 240 g/mol. The van der Waals surface area contributed by atoms with E-state index in [4.69, 9.17) is 16.7 Å². The fourth-order valence-electron chi connectivity index (χ4n) is 2.00. The van der Waals surface area contributed by atoms with Gasteiger partial charge in [0.15, 0.2) is 0 Å². The van der Waals surface area contributed by atoms with Crippen LogP contribution in [0.3, 0.4) is 0 Å². The van der Waals surface area contributed by atoms with E-state index in [1.807, 2.05) is 0 Å². The first-order chi connectivity index (χ1) is 8.08. The highest BCUT2D eigenvalue weighted by molar-refractivity contribution is 6.33. The first kappa shape index (κ1) is 12.2. The van der Waals surface area contributed by atoms with Crippen molar-refractivity contribution in [2.24, 2.45) is 5.92 Å². The van der Waals surface area contributed by atoms with E-state index in [1.165, 1.54) is 6.20 Å². The van der Waals surface area contributed by atoms with Crippen molar-refractivity contribution in [2.75, 3.05) is 18.0 Å². The number of carboxylic acid groups (broad SMARTS) is 1. The highest BCUT2D eigenvalue weighted by Crippen LogP contribution is 2.24.